The highest BCUT2D eigenvalue weighted by Gasteiger charge is 2.24. The molecule has 2 aromatic rings. The fourth-order valence-corrected chi connectivity index (χ4v) is 3.87. The van der Waals surface area contributed by atoms with Crippen molar-refractivity contribution in [2.24, 2.45) is 0 Å². The standard InChI is InChI=1S/C19H26N6O/c20-19-23-16-6-2-1-5-15(16)18(24-19)22-13-17(14-4-3-7-21-12-14)25-8-10-26-11-9-25/h3-4,7,12,17H,1-2,5-6,8-11,13H2,(H3,20,22,23,24)/t17-/m1/s1. The molecule has 1 saturated heterocycles. The molecular formula is C19H26N6O. The van der Waals surface area contributed by atoms with Crippen LogP contribution in [0.3, 0.4) is 0 Å². The lowest BCUT2D eigenvalue weighted by molar-refractivity contribution is 0.0186. The molecule has 0 unspecified atom stereocenters. The summed E-state index contributed by atoms with van der Waals surface area (Å²) in [5, 5.41) is 3.57. The predicted octanol–water partition coefficient (Wildman–Crippen LogP) is 1.82. The first-order chi connectivity index (χ1) is 12.8. The third-order valence-corrected chi connectivity index (χ3v) is 5.22. The number of aromatic nitrogens is 3. The zero-order valence-corrected chi connectivity index (χ0v) is 15.0. The minimum Gasteiger partial charge on any atom is -0.379 e. The molecular weight excluding hydrogens is 328 g/mol. The van der Waals surface area contributed by atoms with Crippen molar-refractivity contribution in [2.75, 3.05) is 43.9 Å². The number of hydrogen-bond acceptors (Lipinski definition) is 7. The molecule has 1 aliphatic heterocycles. The number of fused-ring (bicyclic) bond motifs is 1. The van der Waals surface area contributed by atoms with E-state index in [1.54, 1.807) is 0 Å². The van der Waals surface area contributed by atoms with Crippen molar-refractivity contribution in [3.8, 4) is 0 Å². The van der Waals surface area contributed by atoms with Crippen LogP contribution in [-0.2, 0) is 17.6 Å². The van der Waals surface area contributed by atoms with E-state index in [1.807, 2.05) is 18.5 Å². The molecule has 0 saturated carbocycles. The number of morpholine rings is 1. The molecule has 2 aromatic heterocycles. The highest BCUT2D eigenvalue weighted by Crippen LogP contribution is 2.28. The van der Waals surface area contributed by atoms with Crippen LogP contribution in [0.15, 0.2) is 24.5 Å². The van der Waals surface area contributed by atoms with Gasteiger partial charge in [0.2, 0.25) is 5.95 Å². The molecule has 0 radical (unpaired) electrons. The molecule has 1 atom stereocenters. The second-order valence-electron chi connectivity index (χ2n) is 6.89. The molecule has 1 aliphatic carbocycles. The number of nitrogen functional groups attached to an aromatic ring is 1. The molecule has 3 heterocycles. The number of aryl methyl sites for hydroxylation is 1. The van der Waals surface area contributed by atoms with Gasteiger partial charge in [-0.25, -0.2) is 4.98 Å². The van der Waals surface area contributed by atoms with Gasteiger partial charge in [-0.15, -0.1) is 0 Å². The van der Waals surface area contributed by atoms with Gasteiger partial charge in [0.05, 0.1) is 24.9 Å². The second-order valence-corrected chi connectivity index (χ2v) is 6.89. The lowest BCUT2D eigenvalue weighted by atomic mass is 9.96. The molecule has 7 nitrogen and oxygen atoms in total. The molecule has 0 aromatic carbocycles. The normalized spacial score (nSPS) is 18.9. The molecule has 2 aliphatic rings. The van der Waals surface area contributed by atoms with Crippen molar-refractivity contribution < 1.29 is 4.74 Å². The van der Waals surface area contributed by atoms with Crippen LogP contribution in [0.25, 0.3) is 0 Å². The number of hydrogen-bond donors (Lipinski definition) is 2. The number of nitrogens with two attached hydrogens (primary N) is 1. The van der Waals surface area contributed by atoms with Crippen molar-refractivity contribution in [1.82, 2.24) is 19.9 Å². The van der Waals surface area contributed by atoms with Crippen molar-refractivity contribution in [1.29, 1.82) is 0 Å². The van der Waals surface area contributed by atoms with E-state index in [2.05, 4.69) is 31.2 Å². The quantitative estimate of drug-likeness (QED) is 0.846. The summed E-state index contributed by atoms with van der Waals surface area (Å²) in [6.07, 6.45) is 8.14. The lowest BCUT2D eigenvalue weighted by Gasteiger charge is -2.35. The molecule has 4 rings (SSSR count). The third-order valence-electron chi connectivity index (χ3n) is 5.22. The summed E-state index contributed by atoms with van der Waals surface area (Å²) < 4.78 is 5.52. The number of nitrogens with one attached hydrogen (secondary N) is 1. The summed E-state index contributed by atoms with van der Waals surface area (Å²) in [4.78, 5) is 15.7. The van der Waals surface area contributed by atoms with Gasteiger partial charge in [-0.3, -0.25) is 9.88 Å². The molecule has 138 valence electrons. The Bertz CT molecular complexity index is 732. The Labute approximate surface area is 154 Å². The maximum atomic E-state index is 5.94. The largest absolute Gasteiger partial charge is 0.379 e. The van der Waals surface area contributed by atoms with Gasteiger partial charge in [0.1, 0.15) is 5.82 Å². The predicted molar refractivity (Wildman–Crippen MR) is 101 cm³/mol. The summed E-state index contributed by atoms with van der Waals surface area (Å²) in [5.41, 5.74) is 9.49. The Hall–Kier alpha value is -2.25. The second kappa shape index (κ2) is 7.97. The van der Waals surface area contributed by atoms with E-state index in [9.17, 15) is 0 Å². The lowest BCUT2D eigenvalue weighted by Crippen LogP contribution is -2.41. The molecule has 0 spiro atoms. The zero-order chi connectivity index (χ0) is 17.8. The van der Waals surface area contributed by atoms with Gasteiger partial charge in [-0.1, -0.05) is 6.07 Å². The smallest absolute Gasteiger partial charge is 0.222 e. The van der Waals surface area contributed by atoms with Crippen molar-refractivity contribution in [3.05, 3.63) is 41.3 Å². The van der Waals surface area contributed by atoms with Crippen LogP contribution in [0.1, 0.15) is 35.7 Å². The zero-order valence-electron chi connectivity index (χ0n) is 15.0. The Morgan fingerprint density at radius 2 is 2.04 bits per heavy atom. The maximum Gasteiger partial charge on any atom is 0.222 e. The van der Waals surface area contributed by atoms with Crippen molar-refractivity contribution >= 4 is 11.8 Å². The molecule has 1 fully saturated rings. The van der Waals surface area contributed by atoms with E-state index in [0.29, 0.717) is 5.95 Å². The highest BCUT2D eigenvalue weighted by molar-refractivity contribution is 5.51. The minimum absolute atomic E-state index is 0.225. The summed E-state index contributed by atoms with van der Waals surface area (Å²) in [6.45, 7) is 4.14. The van der Waals surface area contributed by atoms with E-state index in [4.69, 9.17) is 10.5 Å². The fourth-order valence-electron chi connectivity index (χ4n) is 3.87. The SMILES string of the molecule is Nc1nc2c(c(NC[C@H](c3cccnc3)N3CCOCC3)n1)CCCC2. The van der Waals surface area contributed by atoms with Gasteiger partial charge in [-0.2, -0.15) is 4.98 Å². The van der Waals surface area contributed by atoms with Crippen LogP contribution in [0.5, 0.6) is 0 Å². The molecule has 0 bridgehead atoms. The Kier molecular flexibility index (Phi) is 5.26. The van der Waals surface area contributed by atoms with E-state index in [1.165, 1.54) is 24.0 Å². The van der Waals surface area contributed by atoms with Crippen molar-refractivity contribution in [2.45, 2.75) is 31.7 Å². The Morgan fingerprint density at radius 3 is 2.85 bits per heavy atom. The first kappa shape index (κ1) is 17.2. The number of nitrogens with zero attached hydrogens (tertiary/aromatic N) is 4. The van der Waals surface area contributed by atoms with E-state index >= 15 is 0 Å². The molecule has 0 amide bonds. The molecule has 7 heteroatoms. The minimum atomic E-state index is 0.225. The van der Waals surface area contributed by atoms with Gasteiger partial charge < -0.3 is 15.8 Å². The average molecular weight is 354 g/mol. The summed E-state index contributed by atoms with van der Waals surface area (Å²) in [6, 6.07) is 4.36. The van der Waals surface area contributed by atoms with Gasteiger partial charge in [-0.05, 0) is 37.3 Å². The monoisotopic (exact) mass is 354 g/mol. The average Bonchev–Trinajstić information content (AvgIpc) is 2.69. The van der Waals surface area contributed by atoms with Crippen LogP contribution in [-0.4, -0.2) is 52.7 Å². The first-order valence-corrected chi connectivity index (χ1v) is 9.42. The van der Waals surface area contributed by atoms with Crippen LogP contribution in [0.4, 0.5) is 11.8 Å². The van der Waals surface area contributed by atoms with Crippen LogP contribution < -0.4 is 11.1 Å². The molecule has 3 N–H and O–H groups in total. The van der Waals surface area contributed by atoms with Crippen LogP contribution in [0, 0.1) is 0 Å². The fraction of sp³-hybridized carbons (Fsp3) is 0.526. The van der Waals surface area contributed by atoms with E-state index < -0.39 is 0 Å². The number of rotatable bonds is 5. The van der Waals surface area contributed by atoms with Gasteiger partial charge in [0, 0.05) is 37.6 Å². The van der Waals surface area contributed by atoms with Gasteiger partial charge in [0.25, 0.3) is 0 Å². The number of anilines is 2. The van der Waals surface area contributed by atoms with Gasteiger partial charge in [0.15, 0.2) is 0 Å². The van der Waals surface area contributed by atoms with Crippen LogP contribution in [0.2, 0.25) is 0 Å². The third kappa shape index (κ3) is 3.78. The van der Waals surface area contributed by atoms with Crippen LogP contribution >= 0.6 is 0 Å². The summed E-state index contributed by atoms with van der Waals surface area (Å²) in [5.74, 6) is 1.26. The van der Waals surface area contributed by atoms with E-state index in [0.717, 1.165) is 57.2 Å². The maximum absolute atomic E-state index is 5.94. The van der Waals surface area contributed by atoms with Crippen molar-refractivity contribution in [3.63, 3.8) is 0 Å². The summed E-state index contributed by atoms with van der Waals surface area (Å²) in [7, 11) is 0. The topological polar surface area (TPSA) is 89.2 Å². The Morgan fingerprint density at radius 1 is 1.19 bits per heavy atom. The number of pyridine rings is 1. The van der Waals surface area contributed by atoms with Gasteiger partial charge >= 0.3 is 0 Å². The summed E-state index contributed by atoms with van der Waals surface area (Å²) >= 11 is 0. The number of ether oxygens (including phenoxy) is 1. The Balaban J connectivity index is 1.56. The molecule has 26 heavy (non-hydrogen) atoms. The highest BCUT2D eigenvalue weighted by atomic mass is 16.5. The van der Waals surface area contributed by atoms with E-state index in [-0.39, 0.29) is 6.04 Å². The first-order valence-electron chi connectivity index (χ1n) is 9.42.